The van der Waals surface area contributed by atoms with Gasteiger partial charge in [-0.05, 0) is 31.9 Å². The van der Waals surface area contributed by atoms with Gasteiger partial charge in [-0.2, -0.15) is 0 Å². The Morgan fingerprint density at radius 3 is 2.89 bits per heavy atom. The molecule has 0 aliphatic carbocycles. The lowest BCUT2D eigenvalue weighted by molar-refractivity contribution is 0.169. The van der Waals surface area contributed by atoms with Gasteiger partial charge in [-0.3, -0.25) is 0 Å². The number of aliphatic hydroxyl groups is 1. The van der Waals surface area contributed by atoms with Crippen LogP contribution in [-0.4, -0.2) is 31.5 Å². The predicted molar refractivity (Wildman–Crippen MR) is 70.1 cm³/mol. The highest BCUT2D eigenvalue weighted by Crippen LogP contribution is 2.33. The highest BCUT2D eigenvalue weighted by molar-refractivity contribution is 5.47. The summed E-state index contributed by atoms with van der Waals surface area (Å²) in [5.41, 5.74) is 1.15. The second-order valence-corrected chi connectivity index (χ2v) is 4.40. The van der Waals surface area contributed by atoms with E-state index in [0.717, 1.165) is 49.4 Å². The Balaban J connectivity index is 1.79. The van der Waals surface area contributed by atoms with Crippen LogP contribution >= 0.6 is 0 Å². The lowest BCUT2D eigenvalue weighted by atomic mass is 10.1. The first-order valence-corrected chi connectivity index (χ1v) is 6.61. The number of ether oxygens (including phenoxy) is 2. The van der Waals surface area contributed by atoms with Gasteiger partial charge in [-0.15, -0.1) is 0 Å². The molecule has 2 rings (SSSR count). The summed E-state index contributed by atoms with van der Waals surface area (Å²) in [7, 11) is 0. The number of aliphatic hydroxyl groups excluding tert-OH is 1. The van der Waals surface area contributed by atoms with Crippen molar-refractivity contribution >= 4 is 0 Å². The molecule has 4 nitrogen and oxygen atoms in total. The SMILES string of the molecule is OCCCCCNCc1cccc2c1OCCO2. The van der Waals surface area contributed by atoms with Crippen LogP contribution in [0.2, 0.25) is 0 Å². The molecule has 1 aliphatic rings. The molecule has 0 atom stereocenters. The van der Waals surface area contributed by atoms with Crippen LogP contribution in [0.25, 0.3) is 0 Å². The maximum Gasteiger partial charge on any atom is 0.165 e. The molecular formula is C14H21NO3. The van der Waals surface area contributed by atoms with Crippen molar-refractivity contribution in [2.75, 3.05) is 26.4 Å². The van der Waals surface area contributed by atoms with Gasteiger partial charge in [0.25, 0.3) is 0 Å². The minimum atomic E-state index is 0.289. The second kappa shape index (κ2) is 7.24. The Labute approximate surface area is 108 Å². The molecule has 1 aromatic rings. The molecule has 0 radical (unpaired) electrons. The van der Waals surface area contributed by atoms with Gasteiger partial charge < -0.3 is 19.9 Å². The van der Waals surface area contributed by atoms with E-state index < -0.39 is 0 Å². The van der Waals surface area contributed by atoms with Gasteiger partial charge in [0.1, 0.15) is 13.2 Å². The number of nitrogens with one attached hydrogen (secondary N) is 1. The van der Waals surface area contributed by atoms with E-state index in [1.54, 1.807) is 0 Å². The van der Waals surface area contributed by atoms with Crippen molar-refractivity contribution in [3.63, 3.8) is 0 Å². The molecule has 1 aliphatic heterocycles. The lowest BCUT2D eigenvalue weighted by Gasteiger charge is -2.21. The van der Waals surface area contributed by atoms with E-state index in [-0.39, 0.29) is 6.61 Å². The molecule has 1 aromatic carbocycles. The molecule has 0 unspecified atom stereocenters. The van der Waals surface area contributed by atoms with Crippen molar-refractivity contribution in [2.24, 2.45) is 0 Å². The Hall–Kier alpha value is -1.26. The molecular weight excluding hydrogens is 230 g/mol. The second-order valence-electron chi connectivity index (χ2n) is 4.40. The number of fused-ring (bicyclic) bond motifs is 1. The summed E-state index contributed by atoms with van der Waals surface area (Å²) >= 11 is 0. The lowest BCUT2D eigenvalue weighted by Crippen LogP contribution is -2.19. The molecule has 2 N–H and O–H groups in total. The van der Waals surface area contributed by atoms with Gasteiger partial charge in [0.2, 0.25) is 0 Å². The third-order valence-electron chi connectivity index (χ3n) is 2.97. The quantitative estimate of drug-likeness (QED) is 0.724. The van der Waals surface area contributed by atoms with E-state index in [1.807, 2.05) is 12.1 Å². The van der Waals surface area contributed by atoms with Crippen LogP contribution in [0, 0.1) is 0 Å². The van der Waals surface area contributed by atoms with Gasteiger partial charge in [0, 0.05) is 18.7 Å². The number of rotatable bonds is 7. The first kappa shape index (κ1) is 13.2. The van der Waals surface area contributed by atoms with E-state index in [9.17, 15) is 0 Å². The number of hydrogen-bond acceptors (Lipinski definition) is 4. The largest absolute Gasteiger partial charge is 0.486 e. The molecule has 0 saturated heterocycles. The summed E-state index contributed by atoms with van der Waals surface area (Å²) in [5.74, 6) is 1.73. The Morgan fingerprint density at radius 2 is 2.00 bits per heavy atom. The van der Waals surface area contributed by atoms with Gasteiger partial charge >= 0.3 is 0 Å². The third kappa shape index (κ3) is 3.62. The number of benzene rings is 1. The van der Waals surface area contributed by atoms with Crippen LogP contribution in [0.3, 0.4) is 0 Å². The first-order valence-electron chi connectivity index (χ1n) is 6.61. The molecule has 0 saturated carbocycles. The van der Waals surface area contributed by atoms with Crippen molar-refractivity contribution in [1.29, 1.82) is 0 Å². The Morgan fingerprint density at radius 1 is 1.11 bits per heavy atom. The summed E-state index contributed by atoms with van der Waals surface area (Å²) in [5, 5.41) is 12.1. The van der Waals surface area contributed by atoms with Crippen LogP contribution in [0.15, 0.2) is 18.2 Å². The van der Waals surface area contributed by atoms with E-state index in [4.69, 9.17) is 14.6 Å². The summed E-state index contributed by atoms with van der Waals surface area (Å²) in [6.07, 6.45) is 3.04. The van der Waals surface area contributed by atoms with E-state index in [2.05, 4.69) is 11.4 Å². The summed E-state index contributed by atoms with van der Waals surface area (Å²) < 4.78 is 11.2. The van der Waals surface area contributed by atoms with Crippen molar-refractivity contribution in [1.82, 2.24) is 5.32 Å². The zero-order valence-corrected chi connectivity index (χ0v) is 10.7. The maximum absolute atomic E-state index is 8.68. The summed E-state index contributed by atoms with van der Waals surface area (Å²) in [4.78, 5) is 0. The molecule has 0 fully saturated rings. The average molecular weight is 251 g/mol. The van der Waals surface area contributed by atoms with Gasteiger partial charge in [0.15, 0.2) is 11.5 Å². The van der Waals surface area contributed by atoms with Crippen LogP contribution < -0.4 is 14.8 Å². The van der Waals surface area contributed by atoms with Gasteiger partial charge in [-0.25, -0.2) is 0 Å². The molecule has 0 bridgehead atoms. The topological polar surface area (TPSA) is 50.7 Å². The number of unbranched alkanes of at least 4 members (excludes halogenated alkanes) is 2. The fourth-order valence-electron chi connectivity index (χ4n) is 2.03. The third-order valence-corrected chi connectivity index (χ3v) is 2.97. The monoisotopic (exact) mass is 251 g/mol. The molecule has 0 aromatic heterocycles. The highest BCUT2D eigenvalue weighted by atomic mass is 16.6. The molecule has 1 heterocycles. The van der Waals surface area contributed by atoms with Gasteiger partial charge in [0.05, 0.1) is 0 Å². The summed E-state index contributed by atoms with van der Waals surface area (Å²) in [6, 6.07) is 6.00. The molecule has 100 valence electrons. The summed E-state index contributed by atoms with van der Waals surface area (Å²) in [6.45, 7) is 3.30. The fraction of sp³-hybridized carbons (Fsp3) is 0.571. The smallest absolute Gasteiger partial charge is 0.165 e. The van der Waals surface area contributed by atoms with Crippen LogP contribution in [0.5, 0.6) is 11.5 Å². The van der Waals surface area contributed by atoms with Crippen LogP contribution in [-0.2, 0) is 6.54 Å². The Kier molecular flexibility index (Phi) is 5.30. The maximum atomic E-state index is 8.68. The predicted octanol–water partition coefficient (Wildman–Crippen LogP) is 1.71. The molecule has 4 heteroatoms. The van der Waals surface area contributed by atoms with E-state index >= 15 is 0 Å². The number of para-hydroxylation sites is 1. The number of hydrogen-bond donors (Lipinski definition) is 2. The molecule has 0 amide bonds. The zero-order chi connectivity index (χ0) is 12.6. The van der Waals surface area contributed by atoms with E-state index in [1.165, 1.54) is 0 Å². The Bertz CT molecular complexity index is 368. The fourth-order valence-corrected chi connectivity index (χ4v) is 2.03. The van der Waals surface area contributed by atoms with E-state index in [0.29, 0.717) is 13.2 Å². The standard InChI is InChI=1S/C14H21NO3/c16-8-3-1-2-7-15-11-12-5-4-6-13-14(12)18-10-9-17-13/h4-6,15-16H,1-3,7-11H2. The van der Waals surface area contributed by atoms with Crippen molar-refractivity contribution in [3.8, 4) is 11.5 Å². The molecule has 18 heavy (non-hydrogen) atoms. The van der Waals surface area contributed by atoms with Crippen molar-refractivity contribution < 1.29 is 14.6 Å². The minimum absolute atomic E-state index is 0.289. The zero-order valence-electron chi connectivity index (χ0n) is 10.7. The average Bonchev–Trinajstić information content (AvgIpc) is 2.43. The van der Waals surface area contributed by atoms with Crippen LogP contribution in [0.1, 0.15) is 24.8 Å². The van der Waals surface area contributed by atoms with Crippen molar-refractivity contribution in [2.45, 2.75) is 25.8 Å². The molecule has 0 spiro atoms. The minimum Gasteiger partial charge on any atom is -0.486 e. The van der Waals surface area contributed by atoms with Crippen LogP contribution in [0.4, 0.5) is 0 Å². The van der Waals surface area contributed by atoms with Gasteiger partial charge in [-0.1, -0.05) is 12.1 Å². The first-order chi connectivity index (χ1) is 8.92. The van der Waals surface area contributed by atoms with Crippen molar-refractivity contribution in [3.05, 3.63) is 23.8 Å². The highest BCUT2D eigenvalue weighted by Gasteiger charge is 2.14. The normalized spacial score (nSPS) is 13.6.